The number of nitrogens with one attached hydrogen (secondary N) is 1. The Bertz CT molecular complexity index is 345. The fourth-order valence-corrected chi connectivity index (χ4v) is 2.72. The van der Waals surface area contributed by atoms with Crippen LogP contribution in [0.1, 0.15) is 51.9 Å². The molecule has 1 aliphatic heterocycles. The molecule has 2 amide bonds. The number of carbonyl (C=O) groups excluding carboxylic acids is 2. The number of nitrogens with two attached hydrogens (primary N) is 1. The molecule has 2 fully saturated rings. The maximum atomic E-state index is 11.9. The standard InChI is InChI=1S/C15H27N3O2/c1-11(16)3-2-4-14(19)17-13-7-9-18(10-8-13)15(20)12-5-6-12/h11-13H,2-10,16H2,1H3,(H,17,19). The van der Waals surface area contributed by atoms with Gasteiger partial charge in [0.2, 0.25) is 11.8 Å². The van der Waals surface area contributed by atoms with Crippen LogP contribution in [0.2, 0.25) is 0 Å². The third kappa shape index (κ3) is 4.78. The summed E-state index contributed by atoms with van der Waals surface area (Å²) < 4.78 is 0. The molecule has 5 heteroatoms. The summed E-state index contributed by atoms with van der Waals surface area (Å²) in [5.74, 6) is 0.753. The fraction of sp³-hybridized carbons (Fsp3) is 0.867. The third-order valence-corrected chi connectivity index (χ3v) is 4.16. The first-order valence-electron chi connectivity index (χ1n) is 7.90. The van der Waals surface area contributed by atoms with Crippen LogP contribution in [0.4, 0.5) is 0 Å². The average Bonchev–Trinajstić information content (AvgIpc) is 3.22. The third-order valence-electron chi connectivity index (χ3n) is 4.16. The Morgan fingerprint density at radius 2 is 1.90 bits per heavy atom. The number of hydrogen-bond donors (Lipinski definition) is 2. The highest BCUT2D eigenvalue weighted by atomic mass is 16.2. The van der Waals surface area contributed by atoms with Gasteiger partial charge in [0.05, 0.1) is 0 Å². The van der Waals surface area contributed by atoms with Gasteiger partial charge in [-0.25, -0.2) is 0 Å². The van der Waals surface area contributed by atoms with E-state index in [0.717, 1.165) is 51.6 Å². The maximum absolute atomic E-state index is 11.9. The zero-order valence-electron chi connectivity index (χ0n) is 12.4. The van der Waals surface area contributed by atoms with Crippen LogP contribution >= 0.6 is 0 Å². The number of piperidine rings is 1. The number of hydrogen-bond acceptors (Lipinski definition) is 3. The molecule has 1 atom stereocenters. The van der Waals surface area contributed by atoms with Crippen LogP contribution in [0.15, 0.2) is 0 Å². The van der Waals surface area contributed by atoms with Crippen LogP contribution in [0.3, 0.4) is 0 Å². The van der Waals surface area contributed by atoms with Gasteiger partial charge < -0.3 is 16.0 Å². The van der Waals surface area contributed by atoms with E-state index in [4.69, 9.17) is 5.73 Å². The number of amides is 2. The molecular weight excluding hydrogens is 254 g/mol. The Balaban J connectivity index is 1.61. The van der Waals surface area contributed by atoms with Crippen LogP contribution in [-0.2, 0) is 9.59 Å². The Morgan fingerprint density at radius 1 is 1.25 bits per heavy atom. The normalized spacial score (nSPS) is 21.6. The predicted octanol–water partition coefficient (Wildman–Crippen LogP) is 1.02. The lowest BCUT2D eigenvalue weighted by atomic mass is 10.0. The van der Waals surface area contributed by atoms with Crippen molar-refractivity contribution in [2.75, 3.05) is 13.1 Å². The Hall–Kier alpha value is -1.10. The minimum Gasteiger partial charge on any atom is -0.353 e. The topological polar surface area (TPSA) is 75.4 Å². The van der Waals surface area contributed by atoms with Crippen molar-refractivity contribution in [1.82, 2.24) is 10.2 Å². The van der Waals surface area contributed by atoms with Crippen molar-refractivity contribution in [2.45, 2.75) is 64.0 Å². The molecule has 0 aromatic carbocycles. The highest BCUT2D eigenvalue weighted by Gasteiger charge is 2.34. The van der Waals surface area contributed by atoms with Crippen molar-refractivity contribution in [1.29, 1.82) is 0 Å². The molecule has 1 saturated carbocycles. The molecule has 1 heterocycles. The van der Waals surface area contributed by atoms with E-state index in [2.05, 4.69) is 5.32 Å². The molecule has 1 unspecified atom stereocenters. The largest absolute Gasteiger partial charge is 0.353 e. The van der Waals surface area contributed by atoms with Crippen molar-refractivity contribution in [3.63, 3.8) is 0 Å². The molecule has 3 N–H and O–H groups in total. The first kappa shape index (κ1) is 15.3. The van der Waals surface area contributed by atoms with Gasteiger partial charge in [-0.05, 0) is 45.4 Å². The first-order valence-corrected chi connectivity index (χ1v) is 7.90. The van der Waals surface area contributed by atoms with Gasteiger partial charge in [-0.3, -0.25) is 9.59 Å². The molecule has 0 radical (unpaired) electrons. The first-order chi connectivity index (χ1) is 9.56. The van der Waals surface area contributed by atoms with Crippen LogP contribution in [0.5, 0.6) is 0 Å². The summed E-state index contributed by atoms with van der Waals surface area (Å²) in [6.07, 6.45) is 6.20. The summed E-state index contributed by atoms with van der Waals surface area (Å²) in [6, 6.07) is 0.403. The van der Waals surface area contributed by atoms with E-state index in [9.17, 15) is 9.59 Å². The quantitative estimate of drug-likeness (QED) is 0.763. The molecule has 0 spiro atoms. The van der Waals surface area contributed by atoms with Gasteiger partial charge in [-0.1, -0.05) is 0 Å². The molecule has 2 aliphatic rings. The highest BCUT2D eigenvalue weighted by molar-refractivity contribution is 5.81. The van der Waals surface area contributed by atoms with E-state index in [1.54, 1.807) is 0 Å². The van der Waals surface area contributed by atoms with Crippen LogP contribution < -0.4 is 11.1 Å². The molecule has 2 rings (SSSR count). The van der Waals surface area contributed by atoms with E-state index in [0.29, 0.717) is 18.2 Å². The monoisotopic (exact) mass is 281 g/mol. The summed E-state index contributed by atoms with van der Waals surface area (Å²) in [5.41, 5.74) is 5.67. The summed E-state index contributed by atoms with van der Waals surface area (Å²) in [6.45, 7) is 3.55. The average molecular weight is 281 g/mol. The predicted molar refractivity (Wildman–Crippen MR) is 78.0 cm³/mol. The second-order valence-electron chi connectivity index (χ2n) is 6.31. The van der Waals surface area contributed by atoms with Gasteiger partial charge in [-0.15, -0.1) is 0 Å². The van der Waals surface area contributed by atoms with Gasteiger partial charge in [0.1, 0.15) is 0 Å². The Morgan fingerprint density at radius 3 is 2.45 bits per heavy atom. The van der Waals surface area contributed by atoms with E-state index >= 15 is 0 Å². The molecule has 0 aromatic rings. The molecular formula is C15H27N3O2. The lowest BCUT2D eigenvalue weighted by Gasteiger charge is -2.32. The van der Waals surface area contributed by atoms with Crippen LogP contribution in [0.25, 0.3) is 0 Å². The number of likely N-dealkylation sites (tertiary alicyclic amines) is 1. The number of carbonyl (C=O) groups is 2. The zero-order chi connectivity index (χ0) is 14.5. The maximum Gasteiger partial charge on any atom is 0.225 e. The zero-order valence-corrected chi connectivity index (χ0v) is 12.4. The SMILES string of the molecule is CC(N)CCCC(=O)NC1CCN(C(=O)C2CC2)CC1. The number of nitrogens with zero attached hydrogens (tertiary/aromatic N) is 1. The van der Waals surface area contributed by atoms with Crippen molar-refractivity contribution < 1.29 is 9.59 Å². The van der Waals surface area contributed by atoms with Gasteiger partial charge in [-0.2, -0.15) is 0 Å². The Kier molecular flexibility index (Phi) is 5.40. The van der Waals surface area contributed by atoms with Gasteiger partial charge >= 0.3 is 0 Å². The van der Waals surface area contributed by atoms with E-state index < -0.39 is 0 Å². The molecule has 114 valence electrons. The summed E-state index contributed by atoms with van der Waals surface area (Å²) in [7, 11) is 0. The van der Waals surface area contributed by atoms with Crippen molar-refractivity contribution in [3.8, 4) is 0 Å². The van der Waals surface area contributed by atoms with Crippen molar-refractivity contribution in [2.24, 2.45) is 11.7 Å². The van der Waals surface area contributed by atoms with Gasteiger partial charge in [0.15, 0.2) is 0 Å². The van der Waals surface area contributed by atoms with Crippen molar-refractivity contribution >= 4 is 11.8 Å². The molecule has 1 saturated heterocycles. The summed E-state index contributed by atoms with van der Waals surface area (Å²) >= 11 is 0. The van der Waals surface area contributed by atoms with Crippen molar-refractivity contribution in [3.05, 3.63) is 0 Å². The summed E-state index contributed by atoms with van der Waals surface area (Å²) in [4.78, 5) is 25.7. The molecule has 0 aromatic heterocycles. The van der Waals surface area contributed by atoms with Gasteiger partial charge in [0, 0.05) is 37.5 Å². The van der Waals surface area contributed by atoms with Gasteiger partial charge in [0.25, 0.3) is 0 Å². The van der Waals surface area contributed by atoms with E-state index in [-0.39, 0.29) is 18.0 Å². The minimum atomic E-state index is 0.123. The molecule has 1 aliphatic carbocycles. The Labute approximate surface area is 121 Å². The van der Waals surface area contributed by atoms with E-state index in [1.807, 2.05) is 11.8 Å². The number of rotatable bonds is 6. The van der Waals surface area contributed by atoms with E-state index in [1.165, 1.54) is 0 Å². The summed E-state index contributed by atoms with van der Waals surface area (Å²) in [5, 5.41) is 3.08. The fourth-order valence-electron chi connectivity index (χ4n) is 2.72. The second kappa shape index (κ2) is 7.07. The minimum absolute atomic E-state index is 0.123. The molecule has 0 bridgehead atoms. The molecule has 5 nitrogen and oxygen atoms in total. The van der Waals surface area contributed by atoms with Crippen LogP contribution in [0, 0.1) is 5.92 Å². The highest BCUT2D eigenvalue weighted by Crippen LogP contribution is 2.31. The second-order valence-corrected chi connectivity index (χ2v) is 6.31. The smallest absolute Gasteiger partial charge is 0.225 e. The molecule has 20 heavy (non-hydrogen) atoms. The lowest BCUT2D eigenvalue weighted by molar-refractivity contribution is -0.133. The lowest BCUT2D eigenvalue weighted by Crippen LogP contribution is -2.47. The van der Waals surface area contributed by atoms with Crippen LogP contribution in [-0.4, -0.2) is 41.9 Å².